The molecule has 4 heteroatoms. The van der Waals surface area contributed by atoms with Gasteiger partial charge in [-0.3, -0.25) is 9.59 Å². The quantitative estimate of drug-likeness (QED) is 0.875. The van der Waals surface area contributed by atoms with E-state index >= 15 is 0 Å². The summed E-state index contributed by atoms with van der Waals surface area (Å²) in [6.07, 6.45) is 1.75. The molecule has 2 N–H and O–H groups in total. The van der Waals surface area contributed by atoms with E-state index in [9.17, 15) is 9.59 Å². The molecular formula is C17H23NO3. The normalized spacial score (nSPS) is 22.0. The van der Waals surface area contributed by atoms with Crippen molar-refractivity contribution in [3.8, 4) is 0 Å². The molecule has 0 aromatic heterocycles. The van der Waals surface area contributed by atoms with Crippen LogP contribution in [0.5, 0.6) is 0 Å². The Kier molecular flexibility index (Phi) is 4.66. The monoisotopic (exact) mass is 289 g/mol. The molecule has 114 valence electrons. The predicted molar refractivity (Wildman–Crippen MR) is 80.9 cm³/mol. The van der Waals surface area contributed by atoms with Crippen LogP contribution in [0.2, 0.25) is 0 Å². The molecule has 0 aliphatic heterocycles. The fourth-order valence-corrected chi connectivity index (χ4v) is 2.89. The number of carboxylic acids is 1. The Balaban J connectivity index is 1.88. The highest BCUT2D eigenvalue weighted by Crippen LogP contribution is 2.31. The largest absolute Gasteiger partial charge is 0.481 e. The summed E-state index contributed by atoms with van der Waals surface area (Å²) >= 11 is 0. The molecule has 4 nitrogen and oxygen atoms in total. The number of aliphatic carboxylic acids is 1. The van der Waals surface area contributed by atoms with Crippen LogP contribution in [0.15, 0.2) is 30.3 Å². The Morgan fingerprint density at radius 2 is 1.81 bits per heavy atom. The van der Waals surface area contributed by atoms with E-state index in [-0.39, 0.29) is 23.2 Å². The molecule has 1 aromatic rings. The first-order chi connectivity index (χ1) is 9.90. The fourth-order valence-electron chi connectivity index (χ4n) is 2.89. The molecule has 2 rings (SSSR count). The summed E-state index contributed by atoms with van der Waals surface area (Å²) in [5, 5.41) is 12.0. The summed E-state index contributed by atoms with van der Waals surface area (Å²) in [4.78, 5) is 23.1. The zero-order valence-corrected chi connectivity index (χ0v) is 12.6. The van der Waals surface area contributed by atoms with Crippen LogP contribution in [0.1, 0.15) is 38.7 Å². The number of carbonyl (C=O) groups is 2. The van der Waals surface area contributed by atoms with Gasteiger partial charge in [0.05, 0.1) is 5.92 Å². The molecule has 1 aromatic carbocycles. The highest BCUT2D eigenvalue weighted by atomic mass is 16.4. The third-order valence-electron chi connectivity index (χ3n) is 4.41. The molecule has 0 radical (unpaired) electrons. The zero-order valence-electron chi connectivity index (χ0n) is 12.6. The van der Waals surface area contributed by atoms with Crippen molar-refractivity contribution in [1.29, 1.82) is 0 Å². The topological polar surface area (TPSA) is 66.4 Å². The van der Waals surface area contributed by atoms with Gasteiger partial charge in [-0.05, 0) is 24.8 Å². The van der Waals surface area contributed by atoms with E-state index in [0.717, 1.165) is 0 Å². The number of carbonyl (C=O) groups excluding carboxylic acids is 1. The van der Waals surface area contributed by atoms with Crippen LogP contribution in [0.4, 0.5) is 0 Å². The van der Waals surface area contributed by atoms with E-state index < -0.39 is 5.97 Å². The van der Waals surface area contributed by atoms with Crippen LogP contribution < -0.4 is 5.32 Å². The van der Waals surface area contributed by atoms with Gasteiger partial charge < -0.3 is 10.4 Å². The lowest BCUT2D eigenvalue weighted by molar-refractivity contribution is -0.141. The first-order valence-corrected chi connectivity index (χ1v) is 7.46. The number of hydrogen-bond donors (Lipinski definition) is 2. The standard InChI is InChI=1S/C17H23NO3/c1-17(2,14-6-4-3-5-7-14)11-18-15(19)12-8-9-13(10-12)16(20)21/h3-7,12-13H,8-11H2,1-2H3,(H,18,19)(H,20,21)/t12-,13+/m1/s1. The van der Waals surface area contributed by atoms with E-state index in [0.29, 0.717) is 25.8 Å². The van der Waals surface area contributed by atoms with E-state index in [1.165, 1.54) is 5.56 Å². The van der Waals surface area contributed by atoms with Crippen LogP contribution in [0.3, 0.4) is 0 Å². The summed E-state index contributed by atoms with van der Waals surface area (Å²) < 4.78 is 0. The van der Waals surface area contributed by atoms with E-state index in [1.807, 2.05) is 18.2 Å². The van der Waals surface area contributed by atoms with Crippen molar-refractivity contribution in [1.82, 2.24) is 5.32 Å². The maximum absolute atomic E-state index is 12.2. The highest BCUT2D eigenvalue weighted by Gasteiger charge is 2.34. The van der Waals surface area contributed by atoms with Gasteiger partial charge in [-0.25, -0.2) is 0 Å². The van der Waals surface area contributed by atoms with Crippen molar-refractivity contribution in [2.75, 3.05) is 6.54 Å². The number of rotatable bonds is 5. The molecule has 1 amide bonds. The maximum atomic E-state index is 12.2. The highest BCUT2D eigenvalue weighted by molar-refractivity contribution is 5.80. The minimum atomic E-state index is -0.782. The summed E-state index contributed by atoms with van der Waals surface area (Å²) in [6, 6.07) is 10.1. The first-order valence-electron chi connectivity index (χ1n) is 7.46. The molecule has 2 atom stereocenters. The van der Waals surface area contributed by atoms with Crippen molar-refractivity contribution >= 4 is 11.9 Å². The van der Waals surface area contributed by atoms with Crippen LogP contribution in [0.25, 0.3) is 0 Å². The van der Waals surface area contributed by atoms with Crippen LogP contribution in [-0.2, 0) is 15.0 Å². The molecule has 0 unspecified atom stereocenters. The molecule has 0 heterocycles. The second kappa shape index (κ2) is 6.29. The van der Waals surface area contributed by atoms with E-state index in [2.05, 4.69) is 31.3 Å². The Morgan fingerprint density at radius 1 is 1.19 bits per heavy atom. The molecule has 21 heavy (non-hydrogen) atoms. The Labute approximate surface area is 125 Å². The molecule has 1 saturated carbocycles. The number of amides is 1. The SMILES string of the molecule is CC(C)(CNC(=O)[C@@H]1CC[C@H](C(=O)O)C1)c1ccccc1. The van der Waals surface area contributed by atoms with Crippen LogP contribution in [-0.4, -0.2) is 23.5 Å². The van der Waals surface area contributed by atoms with Gasteiger partial charge in [-0.1, -0.05) is 44.2 Å². The lowest BCUT2D eigenvalue weighted by atomic mass is 9.84. The molecule has 0 spiro atoms. The van der Waals surface area contributed by atoms with Gasteiger partial charge in [0.25, 0.3) is 0 Å². The van der Waals surface area contributed by atoms with Gasteiger partial charge in [-0.15, -0.1) is 0 Å². The van der Waals surface area contributed by atoms with Crippen molar-refractivity contribution in [3.05, 3.63) is 35.9 Å². The molecule has 0 saturated heterocycles. The molecule has 1 aliphatic rings. The second-order valence-corrected chi connectivity index (χ2v) is 6.51. The summed E-state index contributed by atoms with van der Waals surface area (Å²) in [6.45, 7) is 4.75. The minimum Gasteiger partial charge on any atom is -0.481 e. The van der Waals surface area contributed by atoms with Crippen molar-refractivity contribution < 1.29 is 14.7 Å². The molecule has 1 fully saturated rings. The van der Waals surface area contributed by atoms with Crippen molar-refractivity contribution in [2.24, 2.45) is 11.8 Å². The molecule has 0 bridgehead atoms. The first kappa shape index (κ1) is 15.5. The Bertz CT molecular complexity index is 510. The summed E-state index contributed by atoms with van der Waals surface area (Å²) in [7, 11) is 0. The van der Waals surface area contributed by atoms with Gasteiger partial charge >= 0.3 is 5.97 Å². The summed E-state index contributed by atoms with van der Waals surface area (Å²) in [5.74, 6) is -1.31. The number of hydrogen-bond acceptors (Lipinski definition) is 2. The van der Waals surface area contributed by atoms with Crippen molar-refractivity contribution in [3.63, 3.8) is 0 Å². The van der Waals surface area contributed by atoms with Crippen LogP contribution in [0, 0.1) is 11.8 Å². The average molecular weight is 289 g/mol. The van der Waals surface area contributed by atoms with Crippen LogP contribution >= 0.6 is 0 Å². The molecular weight excluding hydrogens is 266 g/mol. The minimum absolute atomic E-state index is 0.0113. The van der Waals surface area contributed by atoms with Gasteiger partial charge in [0, 0.05) is 17.9 Å². The smallest absolute Gasteiger partial charge is 0.306 e. The lowest BCUT2D eigenvalue weighted by Gasteiger charge is -2.26. The van der Waals surface area contributed by atoms with Gasteiger partial charge in [0.15, 0.2) is 0 Å². The lowest BCUT2D eigenvalue weighted by Crippen LogP contribution is -2.39. The second-order valence-electron chi connectivity index (χ2n) is 6.51. The Hall–Kier alpha value is -1.84. The van der Waals surface area contributed by atoms with E-state index in [1.54, 1.807) is 0 Å². The third-order valence-corrected chi connectivity index (χ3v) is 4.41. The number of benzene rings is 1. The molecule has 1 aliphatic carbocycles. The Morgan fingerprint density at radius 3 is 2.38 bits per heavy atom. The van der Waals surface area contributed by atoms with Gasteiger partial charge in [-0.2, -0.15) is 0 Å². The maximum Gasteiger partial charge on any atom is 0.306 e. The van der Waals surface area contributed by atoms with E-state index in [4.69, 9.17) is 5.11 Å². The zero-order chi connectivity index (χ0) is 15.5. The van der Waals surface area contributed by atoms with Crippen molar-refractivity contribution in [2.45, 2.75) is 38.5 Å². The predicted octanol–water partition coefficient (Wildman–Crippen LogP) is 2.58. The fraction of sp³-hybridized carbons (Fsp3) is 0.529. The average Bonchev–Trinajstić information content (AvgIpc) is 2.96. The van der Waals surface area contributed by atoms with Gasteiger partial charge in [0.1, 0.15) is 0 Å². The summed E-state index contributed by atoms with van der Waals surface area (Å²) in [5.41, 5.74) is 1.04. The van der Waals surface area contributed by atoms with Gasteiger partial charge in [0.2, 0.25) is 5.91 Å². The number of nitrogens with one attached hydrogen (secondary N) is 1. The third kappa shape index (κ3) is 3.84. The number of carboxylic acid groups (broad SMARTS) is 1.